The van der Waals surface area contributed by atoms with Crippen LogP contribution < -0.4 is 10.9 Å². The number of hydrogen-bond acceptors (Lipinski definition) is 6. The van der Waals surface area contributed by atoms with Crippen LogP contribution in [-0.4, -0.2) is 42.1 Å². The minimum absolute atomic E-state index is 0.0501. The molecule has 0 atom stereocenters. The van der Waals surface area contributed by atoms with Crippen molar-refractivity contribution < 1.29 is 14.4 Å². The van der Waals surface area contributed by atoms with Crippen LogP contribution in [-0.2, 0) is 9.59 Å². The number of rotatable bonds is 7. The van der Waals surface area contributed by atoms with Crippen molar-refractivity contribution in [1.82, 2.24) is 15.8 Å². The molecule has 1 aliphatic heterocycles. The molecule has 0 bridgehead atoms. The highest BCUT2D eigenvalue weighted by molar-refractivity contribution is 8.06. The number of nitrogens with one attached hydrogen (secondary N) is 2. The predicted octanol–water partition coefficient (Wildman–Crippen LogP) is 2.49. The summed E-state index contributed by atoms with van der Waals surface area (Å²) >= 11 is 2.59. The lowest BCUT2D eigenvalue weighted by molar-refractivity contribution is -0.124. The van der Waals surface area contributed by atoms with Crippen LogP contribution >= 0.6 is 23.1 Å². The number of ketones is 1. The topological polar surface area (TPSA) is 78.5 Å². The molecular formula is C18H21N3O3S2. The third kappa shape index (κ3) is 5.69. The molecular weight excluding hydrogens is 370 g/mol. The maximum Gasteiger partial charge on any atom is 0.276 e. The molecule has 0 radical (unpaired) electrons. The summed E-state index contributed by atoms with van der Waals surface area (Å²) < 4.78 is 0. The average Bonchev–Trinajstić information content (AvgIpc) is 3.19. The molecule has 2 rings (SSSR count). The van der Waals surface area contributed by atoms with Crippen LogP contribution in [0.15, 0.2) is 52.1 Å². The molecule has 0 aliphatic carbocycles. The molecule has 6 nitrogen and oxygen atoms in total. The van der Waals surface area contributed by atoms with Crippen LogP contribution in [0.5, 0.6) is 0 Å². The number of amides is 2. The molecule has 1 aromatic heterocycles. The first kappa shape index (κ1) is 20.2. The number of thiophene rings is 1. The summed E-state index contributed by atoms with van der Waals surface area (Å²) in [5, 5.41) is 3.41. The Morgan fingerprint density at radius 1 is 1.38 bits per heavy atom. The highest BCUT2D eigenvalue weighted by Crippen LogP contribution is 2.16. The molecule has 8 heteroatoms. The van der Waals surface area contributed by atoms with E-state index in [0.29, 0.717) is 23.4 Å². The second-order valence-corrected chi connectivity index (χ2v) is 7.43. The first-order chi connectivity index (χ1) is 12.5. The molecule has 0 fully saturated rings. The summed E-state index contributed by atoms with van der Waals surface area (Å²) in [6.45, 7) is 6.67. The van der Waals surface area contributed by atoms with Crippen molar-refractivity contribution >= 4 is 40.7 Å². The third-order valence-electron chi connectivity index (χ3n) is 3.67. The Hall–Kier alpha value is -2.16. The van der Waals surface area contributed by atoms with Gasteiger partial charge in [0.05, 0.1) is 16.3 Å². The van der Waals surface area contributed by atoms with Gasteiger partial charge in [0, 0.05) is 18.7 Å². The number of carbonyl (C=O) groups is 3. The van der Waals surface area contributed by atoms with E-state index in [1.165, 1.54) is 23.1 Å². The molecule has 0 unspecified atom stereocenters. The smallest absolute Gasteiger partial charge is 0.276 e. The van der Waals surface area contributed by atoms with Crippen LogP contribution in [0.1, 0.15) is 23.0 Å². The van der Waals surface area contributed by atoms with Gasteiger partial charge in [0.2, 0.25) is 0 Å². The molecule has 138 valence electrons. The zero-order valence-electron chi connectivity index (χ0n) is 14.5. The maximum atomic E-state index is 12.3. The lowest BCUT2D eigenvalue weighted by atomic mass is 10.1. The average molecular weight is 392 g/mol. The number of allylic oxidation sites excluding steroid dienone is 1. The van der Waals surface area contributed by atoms with Gasteiger partial charge in [-0.3, -0.25) is 30.1 Å². The fourth-order valence-corrected chi connectivity index (χ4v) is 3.55. The van der Waals surface area contributed by atoms with Crippen LogP contribution in [0.2, 0.25) is 0 Å². The van der Waals surface area contributed by atoms with E-state index in [1.807, 2.05) is 22.4 Å². The molecule has 0 saturated carbocycles. The van der Waals surface area contributed by atoms with Gasteiger partial charge in [-0.25, -0.2) is 0 Å². The summed E-state index contributed by atoms with van der Waals surface area (Å²) in [7, 11) is 0. The molecule has 0 saturated heterocycles. The number of carbonyl (C=O) groups excluding carboxylic acids is 3. The van der Waals surface area contributed by atoms with Crippen molar-refractivity contribution in [2.45, 2.75) is 13.3 Å². The van der Waals surface area contributed by atoms with Crippen molar-refractivity contribution in [3.05, 3.63) is 57.0 Å². The van der Waals surface area contributed by atoms with E-state index in [9.17, 15) is 14.4 Å². The molecule has 0 aromatic carbocycles. The summed E-state index contributed by atoms with van der Waals surface area (Å²) in [5.41, 5.74) is 5.35. The second kappa shape index (κ2) is 10.1. The van der Waals surface area contributed by atoms with Gasteiger partial charge in [-0.1, -0.05) is 36.6 Å². The summed E-state index contributed by atoms with van der Waals surface area (Å²) in [6.07, 6.45) is 4.16. The summed E-state index contributed by atoms with van der Waals surface area (Å²) in [4.78, 5) is 39.5. The van der Waals surface area contributed by atoms with E-state index < -0.39 is 5.91 Å². The zero-order valence-corrected chi connectivity index (χ0v) is 16.1. The monoisotopic (exact) mass is 391 g/mol. The van der Waals surface area contributed by atoms with Gasteiger partial charge in [0.1, 0.15) is 0 Å². The Kier molecular flexibility index (Phi) is 7.83. The standard InChI is InChI=1S/C18H21N3O3S2/c1-3-15(25-4-2)18(24)20-19-17(23)13-7-5-9-21(11-13)12-14(22)16-8-6-10-26-16/h3-4,6-8,10H,2,5,9,11-12H2,1H3,(H,19,23)(H,20,24). The largest absolute Gasteiger partial charge is 0.292 e. The van der Waals surface area contributed by atoms with Crippen molar-refractivity contribution in [1.29, 1.82) is 0 Å². The van der Waals surface area contributed by atoms with Crippen LogP contribution in [0.4, 0.5) is 0 Å². The highest BCUT2D eigenvalue weighted by atomic mass is 32.2. The van der Waals surface area contributed by atoms with Crippen LogP contribution in [0.3, 0.4) is 0 Å². The number of thioether (sulfide) groups is 1. The highest BCUT2D eigenvalue weighted by Gasteiger charge is 2.21. The quantitative estimate of drug-likeness (QED) is 0.424. The second-order valence-electron chi connectivity index (χ2n) is 5.47. The third-order valence-corrected chi connectivity index (χ3v) is 5.42. The Morgan fingerprint density at radius 3 is 2.85 bits per heavy atom. The first-order valence-electron chi connectivity index (χ1n) is 8.07. The van der Waals surface area contributed by atoms with E-state index in [4.69, 9.17) is 0 Å². The molecule has 1 aromatic rings. The van der Waals surface area contributed by atoms with Crippen molar-refractivity contribution in [2.24, 2.45) is 0 Å². The van der Waals surface area contributed by atoms with Gasteiger partial charge >= 0.3 is 0 Å². The summed E-state index contributed by atoms with van der Waals surface area (Å²) in [6, 6.07) is 3.65. The van der Waals surface area contributed by atoms with Gasteiger partial charge in [-0.05, 0) is 30.2 Å². The maximum absolute atomic E-state index is 12.3. The van der Waals surface area contributed by atoms with Crippen LogP contribution in [0.25, 0.3) is 0 Å². The number of nitrogens with zero attached hydrogens (tertiary/aromatic N) is 1. The number of Topliss-reactive ketones (excluding diaryl/α,β-unsaturated/α-hetero) is 1. The van der Waals surface area contributed by atoms with Gasteiger partial charge in [-0.15, -0.1) is 11.3 Å². The lowest BCUT2D eigenvalue weighted by Crippen LogP contribution is -2.45. The lowest BCUT2D eigenvalue weighted by Gasteiger charge is -2.25. The van der Waals surface area contributed by atoms with Gasteiger partial charge in [0.25, 0.3) is 11.8 Å². The van der Waals surface area contributed by atoms with Crippen molar-refractivity contribution in [3.63, 3.8) is 0 Å². The van der Waals surface area contributed by atoms with Gasteiger partial charge < -0.3 is 0 Å². The van der Waals surface area contributed by atoms with Crippen molar-refractivity contribution in [3.8, 4) is 0 Å². The fourth-order valence-electron chi connectivity index (χ4n) is 2.42. The normalized spacial score (nSPS) is 15.1. The SMILES string of the molecule is C=CSC(=CC)C(=O)NNC(=O)C1=CCCN(CC(=O)c2cccs2)C1. The fraction of sp³-hybridized carbons (Fsp3) is 0.278. The number of hydrogen-bond donors (Lipinski definition) is 2. The molecule has 2 N–H and O–H groups in total. The predicted molar refractivity (Wildman–Crippen MR) is 106 cm³/mol. The Labute approximate surface area is 161 Å². The van der Waals surface area contributed by atoms with Gasteiger partial charge in [-0.2, -0.15) is 0 Å². The van der Waals surface area contributed by atoms with Gasteiger partial charge in [0.15, 0.2) is 5.78 Å². The Bertz CT molecular complexity index is 739. The molecule has 2 amide bonds. The van der Waals surface area contributed by atoms with E-state index in [1.54, 1.807) is 24.5 Å². The van der Waals surface area contributed by atoms with Crippen molar-refractivity contribution in [2.75, 3.05) is 19.6 Å². The molecule has 26 heavy (non-hydrogen) atoms. The molecule has 1 aliphatic rings. The molecule has 0 spiro atoms. The van der Waals surface area contributed by atoms with E-state index in [0.717, 1.165) is 11.4 Å². The minimum atomic E-state index is -0.396. The van der Waals surface area contributed by atoms with E-state index in [-0.39, 0.29) is 18.2 Å². The van der Waals surface area contributed by atoms with E-state index in [2.05, 4.69) is 17.4 Å². The number of hydrazine groups is 1. The van der Waals surface area contributed by atoms with Crippen LogP contribution in [0, 0.1) is 0 Å². The Morgan fingerprint density at radius 2 is 2.19 bits per heavy atom. The Balaban J connectivity index is 1.85. The van der Waals surface area contributed by atoms with E-state index >= 15 is 0 Å². The molecule has 2 heterocycles. The first-order valence-corrected chi connectivity index (χ1v) is 9.83. The zero-order chi connectivity index (χ0) is 18.9. The minimum Gasteiger partial charge on any atom is -0.292 e. The summed E-state index contributed by atoms with van der Waals surface area (Å²) in [5.74, 6) is -0.716.